The van der Waals surface area contributed by atoms with E-state index >= 15 is 0 Å². The molecule has 0 N–H and O–H groups in total. The minimum atomic E-state index is -3.57. The molecule has 0 fully saturated rings. The third kappa shape index (κ3) is 3.44. The third-order valence-corrected chi connectivity index (χ3v) is 7.06. The van der Waals surface area contributed by atoms with E-state index in [4.69, 9.17) is 4.74 Å². The van der Waals surface area contributed by atoms with Gasteiger partial charge >= 0.3 is 0 Å². The molecule has 3 rings (SSSR count). The highest BCUT2D eigenvalue weighted by molar-refractivity contribution is 7.89. The Labute approximate surface area is 150 Å². The number of para-hydroxylation sites is 1. The van der Waals surface area contributed by atoms with Crippen molar-refractivity contribution in [1.29, 1.82) is 0 Å². The SMILES string of the molecule is COc1ccccc1C(C)N(C)S(=O)(=O)c1ccc2c(c1)CCCC2. The van der Waals surface area contributed by atoms with Gasteiger partial charge in [0, 0.05) is 12.6 Å². The molecule has 4 nitrogen and oxygen atoms in total. The zero-order valence-corrected chi connectivity index (χ0v) is 15.8. The number of ether oxygens (including phenoxy) is 1. The molecular formula is C20H25NO3S. The Hall–Kier alpha value is -1.85. The second-order valence-electron chi connectivity index (χ2n) is 6.58. The molecule has 0 radical (unpaired) electrons. The monoisotopic (exact) mass is 359 g/mol. The number of benzene rings is 2. The minimum absolute atomic E-state index is 0.322. The molecule has 0 spiro atoms. The van der Waals surface area contributed by atoms with Crippen LogP contribution >= 0.6 is 0 Å². The van der Waals surface area contributed by atoms with E-state index in [2.05, 4.69) is 0 Å². The second-order valence-corrected chi connectivity index (χ2v) is 8.57. The van der Waals surface area contributed by atoms with Crippen molar-refractivity contribution in [1.82, 2.24) is 4.31 Å². The molecule has 25 heavy (non-hydrogen) atoms. The zero-order valence-electron chi connectivity index (χ0n) is 15.0. The first-order valence-corrected chi connectivity index (χ1v) is 10.1. The molecule has 0 aromatic heterocycles. The molecule has 1 unspecified atom stereocenters. The van der Waals surface area contributed by atoms with Gasteiger partial charge in [-0.3, -0.25) is 0 Å². The van der Waals surface area contributed by atoms with Crippen LogP contribution in [-0.2, 0) is 22.9 Å². The van der Waals surface area contributed by atoms with Crippen molar-refractivity contribution in [3.8, 4) is 5.75 Å². The first kappa shape index (κ1) is 18.0. The lowest BCUT2D eigenvalue weighted by molar-refractivity contribution is 0.367. The standard InChI is InChI=1S/C20H25NO3S/c1-15(19-10-6-7-11-20(19)24-3)21(2)25(22,23)18-13-12-16-8-4-5-9-17(16)14-18/h6-7,10-15H,4-5,8-9H2,1-3H3. The molecule has 0 saturated carbocycles. The van der Waals surface area contributed by atoms with E-state index in [1.165, 1.54) is 21.9 Å². The maximum atomic E-state index is 13.1. The summed E-state index contributed by atoms with van der Waals surface area (Å²) in [6.45, 7) is 1.88. The normalized spacial score (nSPS) is 15.7. The van der Waals surface area contributed by atoms with Crippen LogP contribution in [0.2, 0.25) is 0 Å². The number of aryl methyl sites for hydroxylation is 2. The van der Waals surface area contributed by atoms with Crippen LogP contribution < -0.4 is 4.74 Å². The molecule has 0 saturated heterocycles. The Kier molecular flexibility index (Phi) is 5.16. The van der Waals surface area contributed by atoms with Crippen LogP contribution in [0.4, 0.5) is 0 Å². The van der Waals surface area contributed by atoms with Gasteiger partial charge in [-0.25, -0.2) is 8.42 Å². The lowest BCUT2D eigenvalue weighted by Crippen LogP contribution is -2.30. The van der Waals surface area contributed by atoms with E-state index < -0.39 is 10.0 Å². The fourth-order valence-corrected chi connectivity index (χ4v) is 4.85. The van der Waals surface area contributed by atoms with Crippen molar-refractivity contribution >= 4 is 10.0 Å². The fourth-order valence-electron chi connectivity index (χ4n) is 3.45. The summed E-state index contributed by atoms with van der Waals surface area (Å²) in [5.74, 6) is 0.697. The Bertz CT molecular complexity index is 861. The third-order valence-electron chi connectivity index (χ3n) is 5.13. The van der Waals surface area contributed by atoms with Gasteiger partial charge in [-0.1, -0.05) is 24.3 Å². The highest BCUT2D eigenvalue weighted by atomic mass is 32.2. The van der Waals surface area contributed by atoms with Crippen molar-refractivity contribution in [2.75, 3.05) is 14.2 Å². The summed E-state index contributed by atoms with van der Waals surface area (Å²) in [6.07, 6.45) is 4.32. The summed E-state index contributed by atoms with van der Waals surface area (Å²) in [5, 5.41) is 0. The Morgan fingerprint density at radius 2 is 1.72 bits per heavy atom. The van der Waals surface area contributed by atoms with Crippen molar-refractivity contribution in [3.05, 3.63) is 59.2 Å². The second kappa shape index (κ2) is 7.18. The van der Waals surface area contributed by atoms with Crippen molar-refractivity contribution in [3.63, 3.8) is 0 Å². The summed E-state index contributed by atoms with van der Waals surface area (Å²) in [4.78, 5) is 0.373. The van der Waals surface area contributed by atoms with Crippen molar-refractivity contribution in [2.45, 2.75) is 43.5 Å². The van der Waals surface area contributed by atoms with Crippen LogP contribution in [0.15, 0.2) is 47.4 Å². The fraction of sp³-hybridized carbons (Fsp3) is 0.400. The lowest BCUT2D eigenvalue weighted by atomic mass is 9.92. The number of nitrogens with zero attached hydrogens (tertiary/aromatic N) is 1. The predicted molar refractivity (Wildman–Crippen MR) is 99.4 cm³/mol. The molecule has 2 aromatic rings. The number of hydrogen-bond donors (Lipinski definition) is 0. The first-order chi connectivity index (χ1) is 11.9. The van der Waals surface area contributed by atoms with Gasteiger partial charge < -0.3 is 4.74 Å². The molecule has 5 heteroatoms. The number of fused-ring (bicyclic) bond motifs is 1. The van der Waals surface area contributed by atoms with Gasteiger partial charge in [0.05, 0.1) is 18.0 Å². The van der Waals surface area contributed by atoms with Crippen molar-refractivity contribution < 1.29 is 13.2 Å². The average molecular weight is 359 g/mol. The Morgan fingerprint density at radius 3 is 2.44 bits per heavy atom. The maximum Gasteiger partial charge on any atom is 0.243 e. The molecule has 1 aliphatic carbocycles. The molecule has 0 bridgehead atoms. The summed E-state index contributed by atoms with van der Waals surface area (Å²) in [5.41, 5.74) is 3.31. The van der Waals surface area contributed by atoms with Gasteiger partial charge in [-0.05, 0) is 61.9 Å². The average Bonchev–Trinajstić information content (AvgIpc) is 2.66. The minimum Gasteiger partial charge on any atom is -0.496 e. The Morgan fingerprint density at radius 1 is 1.04 bits per heavy atom. The topological polar surface area (TPSA) is 46.6 Å². The van der Waals surface area contributed by atoms with Gasteiger partial charge in [-0.15, -0.1) is 0 Å². The summed E-state index contributed by atoms with van der Waals surface area (Å²) in [7, 11) is -0.335. The lowest BCUT2D eigenvalue weighted by Gasteiger charge is -2.26. The van der Waals surface area contributed by atoms with Gasteiger partial charge in [0.1, 0.15) is 5.75 Å². The first-order valence-electron chi connectivity index (χ1n) is 8.68. The molecule has 0 aliphatic heterocycles. The number of rotatable bonds is 5. The van der Waals surface area contributed by atoms with E-state index in [0.29, 0.717) is 10.6 Å². The smallest absolute Gasteiger partial charge is 0.243 e. The predicted octanol–water partition coefficient (Wildman–Crippen LogP) is 3.96. The van der Waals surface area contributed by atoms with Crippen LogP contribution in [0.5, 0.6) is 5.75 Å². The number of methoxy groups -OCH3 is 1. The largest absolute Gasteiger partial charge is 0.496 e. The molecular weight excluding hydrogens is 334 g/mol. The van der Waals surface area contributed by atoms with Gasteiger partial charge in [-0.2, -0.15) is 4.31 Å². The van der Waals surface area contributed by atoms with Crippen LogP contribution in [-0.4, -0.2) is 26.9 Å². The van der Waals surface area contributed by atoms with Gasteiger partial charge in [0.2, 0.25) is 10.0 Å². The van der Waals surface area contributed by atoms with E-state index in [1.807, 2.05) is 43.3 Å². The van der Waals surface area contributed by atoms with Gasteiger partial charge in [0.25, 0.3) is 0 Å². The van der Waals surface area contributed by atoms with E-state index in [1.54, 1.807) is 20.2 Å². The molecule has 2 aromatic carbocycles. The quantitative estimate of drug-likeness (QED) is 0.812. The number of hydrogen-bond acceptors (Lipinski definition) is 3. The van der Waals surface area contributed by atoms with Gasteiger partial charge in [0.15, 0.2) is 0 Å². The van der Waals surface area contributed by atoms with Crippen LogP contribution in [0.3, 0.4) is 0 Å². The highest BCUT2D eigenvalue weighted by Gasteiger charge is 2.28. The maximum absolute atomic E-state index is 13.1. The summed E-state index contributed by atoms with van der Waals surface area (Å²) in [6, 6.07) is 12.8. The zero-order chi connectivity index (χ0) is 18.0. The van der Waals surface area contributed by atoms with E-state index in [9.17, 15) is 8.42 Å². The van der Waals surface area contributed by atoms with Crippen LogP contribution in [0.1, 0.15) is 42.5 Å². The number of sulfonamides is 1. The molecule has 1 aliphatic rings. The molecule has 0 amide bonds. The molecule has 1 atom stereocenters. The summed E-state index contributed by atoms with van der Waals surface area (Å²) >= 11 is 0. The Balaban J connectivity index is 1.93. The highest BCUT2D eigenvalue weighted by Crippen LogP contribution is 2.32. The van der Waals surface area contributed by atoms with Crippen molar-refractivity contribution in [2.24, 2.45) is 0 Å². The summed E-state index contributed by atoms with van der Waals surface area (Å²) < 4.78 is 33.0. The van der Waals surface area contributed by atoms with Crippen LogP contribution in [0, 0.1) is 0 Å². The van der Waals surface area contributed by atoms with Crippen LogP contribution in [0.25, 0.3) is 0 Å². The molecule has 0 heterocycles. The molecule has 134 valence electrons. The van der Waals surface area contributed by atoms with E-state index in [-0.39, 0.29) is 6.04 Å². The van der Waals surface area contributed by atoms with E-state index in [0.717, 1.165) is 24.8 Å².